The number of nitrogens with one attached hydrogen (secondary N) is 1. The molecule has 19 heavy (non-hydrogen) atoms. The highest BCUT2D eigenvalue weighted by molar-refractivity contribution is 14.1. The van der Waals surface area contributed by atoms with Gasteiger partial charge in [0.1, 0.15) is 5.82 Å². The van der Waals surface area contributed by atoms with E-state index in [0.717, 1.165) is 43.5 Å². The molecular formula is C14H15ClIN3. The molecule has 0 atom stereocenters. The zero-order chi connectivity index (χ0) is 14.0. The highest BCUT2D eigenvalue weighted by atomic mass is 127. The van der Waals surface area contributed by atoms with Gasteiger partial charge in [0.25, 0.3) is 0 Å². The second-order valence-corrected chi connectivity index (χ2v) is 5.73. The Morgan fingerprint density at radius 3 is 2.63 bits per heavy atom. The van der Waals surface area contributed by atoms with Crippen LogP contribution in [-0.4, -0.2) is 17.0 Å². The molecule has 2 rings (SSSR count). The fraction of sp³-hybridized carbons (Fsp3) is 0.286. The lowest BCUT2D eigenvalue weighted by Gasteiger charge is -2.11. The van der Waals surface area contributed by atoms with Crippen LogP contribution in [0.4, 0.5) is 5.82 Å². The van der Waals surface area contributed by atoms with Crippen LogP contribution in [0.1, 0.15) is 18.2 Å². The number of aryl methyl sites for hydroxylation is 2. The average Bonchev–Trinajstić information content (AvgIpc) is 2.39. The molecule has 5 heteroatoms. The number of hydrogen-bond donors (Lipinski definition) is 1. The zero-order valence-corrected chi connectivity index (χ0v) is 14.0. The Labute approximate surface area is 132 Å². The molecule has 0 bridgehead atoms. The second kappa shape index (κ2) is 6.05. The molecule has 2 aromatic rings. The van der Waals surface area contributed by atoms with E-state index in [2.05, 4.69) is 44.8 Å². The van der Waals surface area contributed by atoms with Crippen molar-refractivity contribution in [1.29, 1.82) is 0 Å². The maximum absolute atomic E-state index is 5.99. The number of nitrogens with zero attached hydrogens (tertiary/aromatic N) is 2. The molecule has 0 spiro atoms. The molecule has 1 aromatic carbocycles. The van der Waals surface area contributed by atoms with E-state index >= 15 is 0 Å². The molecule has 0 saturated heterocycles. The van der Waals surface area contributed by atoms with Crippen molar-refractivity contribution in [2.45, 2.75) is 20.3 Å². The van der Waals surface area contributed by atoms with Gasteiger partial charge >= 0.3 is 0 Å². The first-order valence-electron chi connectivity index (χ1n) is 6.07. The van der Waals surface area contributed by atoms with Crippen LogP contribution in [0.25, 0.3) is 11.4 Å². The van der Waals surface area contributed by atoms with Gasteiger partial charge in [-0.25, -0.2) is 9.97 Å². The third kappa shape index (κ3) is 3.00. The van der Waals surface area contributed by atoms with Crippen molar-refractivity contribution < 1.29 is 0 Å². The fourth-order valence-electron chi connectivity index (χ4n) is 1.89. The van der Waals surface area contributed by atoms with Gasteiger partial charge in [-0.05, 0) is 59.7 Å². The molecule has 0 aliphatic heterocycles. The highest BCUT2D eigenvalue weighted by Crippen LogP contribution is 2.27. The van der Waals surface area contributed by atoms with Gasteiger partial charge in [0, 0.05) is 17.6 Å². The molecular weight excluding hydrogens is 373 g/mol. The molecule has 0 fully saturated rings. The Bertz CT molecular complexity index is 589. The monoisotopic (exact) mass is 387 g/mol. The lowest BCUT2D eigenvalue weighted by Crippen LogP contribution is -2.05. The summed E-state index contributed by atoms with van der Waals surface area (Å²) < 4.78 is 1.08. The first-order chi connectivity index (χ1) is 9.06. The summed E-state index contributed by atoms with van der Waals surface area (Å²) in [5, 5.41) is 3.86. The van der Waals surface area contributed by atoms with Crippen molar-refractivity contribution in [3.8, 4) is 11.4 Å². The molecule has 0 amide bonds. The average molecular weight is 388 g/mol. The number of halogens is 2. The minimum Gasteiger partial charge on any atom is -0.372 e. The third-order valence-corrected chi connectivity index (χ3v) is 4.29. The molecule has 1 N–H and O–H groups in total. The lowest BCUT2D eigenvalue weighted by atomic mass is 10.1. The number of hydrogen-bond acceptors (Lipinski definition) is 3. The van der Waals surface area contributed by atoms with E-state index in [-0.39, 0.29) is 0 Å². The molecule has 3 nitrogen and oxygen atoms in total. The minimum atomic E-state index is 0.733. The van der Waals surface area contributed by atoms with E-state index < -0.39 is 0 Å². The van der Waals surface area contributed by atoms with Gasteiger partial charge in [0.2, 0.25) is 0 Å². The van der Waals surface area contributed by atoms with Gasteiger partial charge in [-0.1, -0.05) is 18.5 Å². The van der Waals surface area contributed by atoms with E-state index in [1.54, 1.807) is 0 Å². The van der Waals surface area contributed by atoms with Gasteiger partial charge in [-0.15, -0.1) is 0 Å². The number of anilines is 1. The predicted molar refractivity (Wildman–Crippen MR) is 88.9 cm³/mol. The molecule has 0 aliphatic carbocycles. The van der Waals surface area contributed by atoms with E-state index in [1.165, 1.54) is 0 Å². The largest absolute Gasteiger partial charge is 0.372 e. The minimum absolute atomic E-state index is 0.733. The predicted octanol–water partition coefficient (Wildman–Crippen LogP) is 4.31. The highest BCUT2D eigenvalue weighted by Gasteiger charge is 2.13. The molecule has 0 saturated carbocycles. The summed E-state index contributed by atoms with van der Waals surface area (Å²) in [6, 6.07) is 5.78. The summed E-state index contributed by atoms with van der Waals surface area (Å²) >= 11 is 8.27. The van der Waals surface area contributed by atoms with E-state index in [0.29, 0.717) is 0 Å². The van der Waals surface area contributed by atoms with Crippen molar-refractivity contribution in [3.63, 3.8) is 0 Å². The van der Waals surface area contributed by atoms with Crippen LogP contribution in [0.2, 0.25) is 5.02 Å². The van der Waals surface area contributed by atoms with Crippen molar-refractivity contribution >= 4 is 40.0 Å². The summed E-state index contributed by atoms with van der Waals surface area (Å²) in [6.45, 7) is 4.12. The maximum atomic E-state index is 5.99. The van der Waals surface area contributed by atoms with Crippen LogP contribution in [0.5, 0.6) is 0 Å². The molecule has 0 unspecified atom stereocenters. The Morgan fingerprint density at radius 2 is 2.05 bits per heavy atom. The molecule has 1 aromatic heterocycles. The molecule has 0 aliphatic rings. The summed E-state index contributed by atoms with van der Waals surface area (Å²) in [5.74, 6) is 1.62. The summed E-state index contributed by atoms with van der Waals surface area (Å²) in [4.78, 5) is 9.25. The molecule has 0 radical (unpaired) electrons. The number of aromatic nitrogens is 2. The van der Waals surface area contributed by atoms with Crippen molar-refractivity contribution in [1.82, 2.24) is 9.97 Å². The summed E-state index contributed by atoms with van der Waals surface area (Å²) in [7, 11) is 1.88. The third-order valence-electron chi connectivity index (χ3n) is 2.92. The Kier molecular flexibility index (Phi) is 4.62. The van der Waals surface area contributed by atoms with E-state index in [1.807, 2.05) is 32.2 Å². The number of benzene rings is 1. The normalized spacial score (nSPS) is 10.6. The standard InChI is InChI=1S/C14H15ClIN3/c1-4-11-12(16)14(17-3)19-13(18-11)10-6-5-9(15)7-8(10)2/h5-7H,4H2,1-3H3,(H,17,18,19). The second-order valence-electron chi connectivity index (χ2n) is 4.22. The van der Waals surface area contributed by atoms with Crippen LogP contribution in [0.15, 0.2) is 18.2 Å². The van der Waals surface area contributed by atoms with Gasteiger partial charge in [-0.2, -0.15) is 0 Å². The van der Waals surface area contributed by atoms with E-state index in [4.69, 9.17) is 11.6 Å². The quantitative estimate of drug-likeness (QED) is 0.797. The van der Waals surface area contributed by atoms with Gasteiger partial charge in [0.15, 0.2) is 5.82 Å². The van der Waals surface area contributed by atoms with Crippen LogP contribution in [0.3, 0.4) is 0 Å². The number of rotatable bonds is 3. The fourth-order valence-corrected chi connectivity index (χ4v) is 3.01. The van der Waals surface area contributed by atoms with Crippen molar-refractivity contribution in [3.05, 3.63) is 38.0 Å². The zero-order valence-electron chi connectivity index (χ0n) is 11.1. The van der Waals surface area contributed by atoms with Crippen LogP contribution < -0.4 is 5.32 Å². The summed E-state index contributed by atoms with van der Waals surface area (Å²) in [6.07, 6.45) is 0.884. The Morgan fingerprint density at radius 1 is 1.32 bits per heavy atom. The van der Waals surface area contributed by atoms with Crippen LogP contribution in [0, 0.1) is 10.5 Å². The van der Waals surface area contributed by atoms with Gasteiger partial charge < -0.3 is 5.32 Å². The molecule has 1 heterocycles. The maximum Gasteiger partial charge on any atom is 0.162 e. The Balaban J connectivity index is 2.62. The first kappa shape index (κ1) is 14.5. The van der Waals surface area contributed by atoms with Crippen LogP contribution in [-0.2, 0) is 6.42 Å². The lowest BCUT2D eigenvalue weighted by molar-refractivity contribution is 0.988. The van der Waals surface area contributed by atoms with Crippen molar-refractivity contribution in [2.75, 3.05) is 12.4 Å². The van der Waals surface area contributed by atoms with Gasteiger partial charge in [-0.3, -0.25) is 0 Å². The first-order valence-corrected chi connectivity index (χ1v) is 7.53. The van der Waals surface area contributed by atoms with E-state index in [9.17, 15) is 0 Å². The SMILES string of the molecule is CCc1nc(-c2ccc(Cl)cc2C)nc(NC)c1I. The van der Waals surface area contributed by atoms with Gasteiger partial charge in [0.05, 0.1) is 9.26 Å². The molecule has 100 valence electrons. The smallest absolute Gasteiger partial charge is 0.162 e. The van der Waals surface area contributed by atoms with Crippen molar-refractivity contribution in [2.24, 2.45) is 0 Å². The topological polar surface area (TPSA) is 37.8 Å². The Hall–Kier alpha value is -0.880. The van der Waals surface area contributed by atoms with Crippen LogP contribution >= 0.6 is 34.2 Å². The summed E-state index contributed by atoms with van der Waals surface area (Å²) in [5.41, 5.74) is 3.16.